The molecule has 0 aromatic heterocycles. The fourth-order valence-corrected chi connectivity index (χ4v) is 2.30. The van der Waals surface area contributed by atoms with Crippen LogP contribution in [0.25, 0.3) is 0 Å². The lowest BCUT2D eigenvalue weighted by Gasteiger charge is -2.26. The summed E-state index contributed by atoms with van der Waals surface area (Å²) in [5.41, 5.74) is 9.18. The number of hydrogen-bond acceptors (Lipinski definition) is 2. The van der Waals surface area contributed by atoms with E-state index in [0.717, 1.165) is 23.8 Å². The van der Waals surface area contributed by atoms with Gasteiger partial charge in [-0.3, -0.25) is 4.90 Å². The Morgan fingerprint density at radius 2 is 1.65 bits per heavy atom. The summed E-state index contributed by atoms with van der Waals surface area (Å²) in [6, 6.07) is 16.6. The number of rotatable bonds is 5. The van der Waals surface area contributed by atoms with Crippen molar-refractivity contribution in [2.75, 3.05) is 5.73 Å². The topological polar surface area (TPSA) is 29.3 Å². The molecule has 2 nitrogen and oxygen atoms in total. The Morgan fingerprint density at radius 1 is 1.00 bits per heavy atom. The quantitative estimate of drug-likeness (QED) is 0.830. The summed E-state index contributed by atoms with van der Waals surface area (Å²) < 4.78 is 0. The largest absolute Gasteiger partial charge is 0.399 e. The number of halogens is 1. The van der Waals surface area contributed by atoms with Crippen LogP contribution in [0.15, 0.2) is 48.5 Å². The van der Waals surface area contributed by atoms with Crippen LogP contribution in [0.2, 0.25) is 5.02 Å². The first-order chi connectivity index (χ1) is 9.54. The van der Waals surface area contributed by atoms with Gasteiger partial charge in [-0.15, -0.1) is 0 Å². The van der Waals surface area contributed by atoms with Crippen molar-refractivity contribution in [2.45, 2.75) is 33.0 Å². The zero-order valence-corrected chi connectivity index (χ0v) is 12.8. The Bertz CT molecular complexity index is 549. The molecule has 20 heavy (non-hydrogen) atoms. The van der Waals surface area contributed by atoms with Crippen molar-refractivity contribution in [3.63, 3.8) is 0 Å². The molecule has 0 spiro atoms. The highest BCUT2D eigenvalue weighted by molar-refractivity contribution is 6.30. The SMILES string of the molecule is CC(C)N(Cc1ccc(Cl)cc1)Cc1cccc(N)c1. The molecule has 2 N–H and O–H groups in total. The molecule has 0 aliphatic heterocycles. The molecule has 3 heteroatoms. The molecule has 2 aromatic rings. The Balaban J connectivity index is 2.09. The van der Waals surface area contributed by atoms with Gasteiger partial charge in [-0.25, -0.2) is 0 Å². The third-order valence-corrected chi connectivity index (χ3v) is 3.62. The van der Waals surface area contributed by atoms with Gasteiger partial charge in [0.05, 0.1) is 0 Å². The first-order valence-electron chi connectivity index (χ1n) is 6.87. The Kier molecular flexibility index (Phi) is 5.05. The van der Waals surface area contributed by atoms with Gasteiger partial charge in [0, 0.05) is 29.8 Å². The van der Waals surface area contributed by atoms with Gasteiger partial charge in [-0.1, -0.05) is 35.9 Å². The second kappa shape index (κ2) is 6.78. The average Bonchev–Trinajstić information content (AvgIpc) is 2.40. The summed E-state index contributed by atoms with van der Waals surface area (Å²) in [6.45, 7) is 6.22. The van der Waals surface area contributed by atoms with E-state index in [1.165, 1.54) is 11.1 Å². The highest BCUT2D eigenvalue weighted by atomic mass is 35.5. The first-order valence-corrected chi connectivity index (χ1v) is 7.25. The Morgan fingerprint density at radius 3 is 2.25 bits per heavy atom. The van der Waals surface area contributed by atoms with E-state index >= 15 is 0 Å². The van der Waals surface area contributed by atoms with Gasteiger partial charge in [0.1, 0.15) is 0 Å². The highest BCUT2D eigenvalue weighted by Gasteiger charge is 2.11. The van der Waals surface area contributed by atoms with Gasteiger partial charge in [0.2, 0.25) is 0 Å². The van der Waals surface area contributed by atoms with Crippen molar-refractivity contribution >= 4 is 17.3 Å². The first kappa shape index (κ1) is 14.9. The van der Waals surface area contributed by atoms with Crippen LogP contribution < -0.4 is 5.73 Å². The van der Waals surface area contributed by atoms with Crippen LogP contribution >= 0.6 is 11.6 Å². The van der Waals surface area contributed by atoms with E-state index < -0.39 is 0 Å². The van der Waals surface area contributed by atoms with Crippen molar-refractivity contribution < 1.29 is 0 Å². The van der Waals surface area contributed by atoms with Crippen LogP contribution in [-0.4, -0.2) is 10.9 Å². The van der Waals surface area contributed by atoms with Crippen molar-refractivity contribution in [2.24, 2.45) is 0 Å². The van der Waals surface area contributed by atoms with Gasteiger partial charge in [-0.2, -0.15) is 0 Å². The van der Waals surface area contributed by atoms with Crippen LogP contribution in [0.5, 0.6) is 0 Å². The Labute approximate surface area is 126 Å². The van der Waals surface area contributed by atoms with E-state index in [9.17, 15) is 0 Å². The van der Waals surface area contributed by atoms with E-state index in [-0.39, 0.29) is 0 Å². The van der Waals surface area contributed by atoms with E-state index in [2.05, 4.69) is 36.9 Å². The van der Waals surface area contributed by atoms with Gasteiger partial charge in [-0.05, 0) is 49.2 Å². The summed E-state index contributed by atoms with van der Waals surface area (Å²) >= 11 is 5.93. The molecule has 0 saturated carbocycles. The van der Waals surface area contributed by atoms with Gasteiger partial charge < -0.3 is 5.73 Å². The molecule has 0 unspecified atom stereocenters. The third-order valence-electron chi connectivity index (χ3n) is 3.37. The van der Waals surface area contributed by atoms with Crippen LogP contribution in [0.1, 0.15) is 25.0 Å². The molecule has 0 fully saturated rings. The molecular weight excluding hydrogens is 268 g/mol. The molecule has 0 saturated heterocycles. The standard InChI is InChI=1S/C17H21ClN2/c1-13(2)20(11-14-6-8-16(18)9-7-14)12-15-4-3-5-17(19)10-15/h3-10,13H,11-12,19H2,1-2H3. The van der Waals surface area contributed by atoms with E-state index in [1.807, 2.05) is 30.3 Å². The minimum atomic E-state index is 0.465. The molecule has 0 amide bonds. The van der Waals surface area contributed by atoms with Crippen molar-refractivity contribution in [3.05, 3.63) is 64.7 Å². The summed E-state index contributed by atoms with van der Waals surface area (Å²) in [6.07, 6.45) is 0. The second-order valence-electron chi connectivity index (χ2n) is 5.37. The average molecular weight is 289 g/mol. The number of benzene rings is 2. The van der Waals surface area contributed by atoms with Crippen molar-refractivity contribution in [1.82, 2.24) is 4.90 Å². The number of hydrogen-bond donors (Lipinski definition) is 1. The maximum absolute atomic E-state index is 5.93. The van der Waals surface area contributed by atoms with Crippen molar-refractivity contribution in [1.29, 1.82) is 0 Å². The third kappa shape index (κ3) is 4.26. The molecule has 0 aliphatic rings. The lowest BCUT2D eigenvalue weighted by atomic mass is 10.1. The smallest absolute Gasteiger partial charge is 0.0406 e. The normalized spacial score (nSPS) is 11.2. The number of anilines is 1. The molecule has 2 rings (SSSR count). The summed E-state index contributed by atoms with van der Waals surface area (Å²) in [5, 5.41) is 0.778. The summed E-state index contributed by atoms with van der Waals surface area (Å²) in [5.74, 6) is 0. The molecule has 0 bridgehead atoms. The van der Waals surface area contributed by atoms with Gasteiger partial charge >= 0.3 is 0 Å². The second-order valence-corrected chi connectivity index (χ2v) is 5.81. The van der Waals surface area contributed by atoms with Crippen LogP contribution in [0.3, 0.4) is 0 Å². The number of nitrogen functional groups attached to an aromatic ring is 1. The van der Waals surface area contributed by atoms with Gasteiger partial charge in [0.15, 0.2) is 0 Å². The summed E-state index contributed by atoms with van der Waals surface area (Å²) in [4.78, 5) is 2.41. The molecule has 2 aromatic carbocycles. The Hall–Kier alpha value is -1.51. The molecule has 0 aliphatic carbocycles. The van der Waals surface area contributed by atoms with E-state index in [0.29, 0.717) is 6.04 Å². The van der Waals surface area contributed by atoms with E-state index in [4.69, 9.17) is 17.3 Å². The maximum atomic E-state index is 5.93. The zero-order valence-electron chi connectivity index (χ0n) is 12.0. The van der Waals surface area contributed by atoms with Crippen LogP contribution in [0.4, 0.5) is 5.69 Å². The van der Waals surface area contributed by atoms with Crippen LogP contribution in [0, 0.1) is 0 Å². The van der Waals surface area contributed by atoms with Gasteiger partial charge in [0.25, 0.3) is 0 Å². The summed E-state index contributed by atoms with van der Waals surface area (Å²) in [7, 11) is 0. The minimum Gasteiger partial charge on any atom is -0.399 e. The lowest BCUT2D eigenvalue weighted by molar-refractivity contribution is 0.204. The molecule has 106 valence electrons. The van der Waals surface area contributed by atoms with E-state index in [1.54, 1.807) is 0 Å². The number of nitrogens with zero attached hydrogens (tertiary/aromatic N) is 1. The van der Waals surface area contributed by atoms with Crippen molar-refractivity contribution in [3.8, 4) is 0 Å². The predicted octanol–water partition coefficient (Wildman–Crippen LogP) is 4.33. The monoisotopic (exact) mass is 288 g/mol. The molecule has 0 heterocycles. The zero-order chi connectivity index (χ0) is 14.5. The molecule has 0 atom stereocenters. The highest BCUT2D eigenvalue weighted by Crippen LogP contribution is 2.16. The molecule has 0 radical (unpaired) electrons. The fraction of sp³-hybridized carbons (Fsp3) is 0.294. The number of nitrogens with two attached hydrogens (primary N) is 1. The molecular formula is C17H21ClN2. The van der Waals surface area contributed by atoms with Crippen LogP contribution in [-0.2, 0) is 13.1 Å². The maximum Gasteiger partial charge on any atom is 0.0406 e. The lowest BCUT2D eigenvalue weighted by Crippen LogP contribution is -2.29. The predicted molar refractivity (Wildman–Crippen MR) is 86.7 cm³/mol. The minimum absolute atomic E-state index is 0.465. The fourth-order valence-electron chi connectivity index (χ4n) is 2.17.